The highest BCUT2D eigenvalue weighted by Gasteiger charge is 2.29. The van der Waals surface area contributed by atoms with Crippen molar-refractivity contribution >= 4 is 56.5 Å². The molecule has 1 unspecified atom stereocenters. The van der Waals surface area contributed by atoms with Gasteiger partial charge in [-0.3, -0.25) is 19.2 Å². The average Bonchev–Trinajstić information content (AvgIpc) is 3.37. The Morgan fingerprint density at radius 2 is 1.53 bits per heavy atom. The minimum absolute atomic E-state index is 0.216. The third kappa shape index (κ3) is 4.15. The van der Waals surface area contributed by atoms with Crippen molar-refractivity contribution in [1.29, 1.82) is 0 Å². The molecule has 1 aliphatic carbocycles. The van der Waals surface area contributed by atoms with E-state index >= 15 is 0 Å². The second kappa shape index (κ2) is 9.51. The summed E-state index contributed by atoms with van der Waals surface area (Å²) in [4.78, 5) is 59.7. The number of amides is 1. The van der Waals surface area contributed by atoms with Gasteiger partial charge in [0.15, 0.2) is 16.7 Å². The van der Waals surface area contributed by atoms with Crippen molar-refractivity contribution in [2.45, 2.75) is 17.3 Å². The summed E-state index contributed by atoms with van der Waals surface area (Å²) in [7, 11) is 0. The van der Waals surface area contributed by atoms with Gasteiger partial charge in [-0.15, -0.1) is 11.3 Å². The number of fused-ring (bicyclic) bond motifs is 3. The summed E-state index contributed by atoms with van der Waals surface area (Å²) in [6.07, 6.45) is 0. The minimum atomic E-state index is -0.599. The molecule has 1 atom stereocenters. The van der Waals surface area contributed by atoms with Gasteiger partial charge >= 0.3 is 0 Å². The van der Waals surface area contributed by atoms with E-state index in [1.807, 2.05) is 35.7 Å². The van der Waals surface area contributed by atoms with Crippen molar-refractivity contribution in [3.63, 3.8) is 0 Å². The van der Waals surface area contributed by atoms with Gasteiger partial charge in [-0.2, -0.15) is 0 Å². The van der Waals surface area contributed by atoms with Crippen LogP contribution in [-0.4, -0.2) is 32.7 Å². The number of anilines is 1. The number of thiophene rings is 1. The molecular weight excluding hydrogens is 518 g/mol. The van der Waals surface area contributed by atoms with Gasteiger partial charge in [0, 0.05) is 38.9 Å². The normalized spacial score (nSPS) is 13.2. The lowest BCUT2D eigenvalue weighted by Gasteiger charge is -2.18. The van der Waals surface area contributed by atoms with Crippen LogP contribution in [0.4, 0.5) is 5.69 Å². The first-order valence-corrected chi connectivity index (χ1v) is 13.5. The Hall–Kier alpha value is -4.34. The molecule has 0 spiro atoms. The van der Waals surface area contributed by atoms with Crippen molar-refractivity contribution in [1.82, 2.24) is 9.97 Å². The number of aromatic amines is 1. The number of benzene rings is 3. The van der Waals surface area contributed by atoms with Crippen LogP contribution in [0.15, 0.2) is 88.1 Å². The number of aromatic nitrogens is 2. The second-order valence-corrected chi connectivity index (χ2v) is 11.0. The fourth-order valence-corrected chi connectivity index (χ4v) is 6.26. The van der Waals surface area contributed by atoms with Crippen LogP contribution >= 0.6 is 23.1 Å². The molecule has 0 saturated carbocycles. The number of ketones is 2. The maximum Gasteiger partial charge on any atom is 0.260 e. The summed E-state index contributed by atoms with van der Waals surface area (Å²) in [6.45, 7) is 1.71. The molecule has 0 fully saturated rings. The molecule has 7 nitrogen and oxygen atoms in total. The van der Waals surface area contributed by atoms with E-state index in [1.165, 1.54) is 17.4 Å². The number of nitrogens with one attached hydrogen (secondary N) is 2. The van der Waals surface area contributed by atoms with Crippen molar-refractivity contribution < 1.29 is 14.4 Å². The van der Waals surface area contributed by atoms with E-state index in [0.29, 0.717) is 37.8 Å². The number of carbonyl (C=O) groups excluding carboxylic acids is 3. The molecule has 2 aromatic heterocycles. The Bertz CT molecular complexity index is 1830. The molecule has 3 aromatic carbocycles. The smallest absolute Gasteiger partial charge is 0.260 e. The van der Waals surface area contributed by atoms with Gasteiger partial charge in [-0.1, -0.05) is 66.4 Å². The van der Waals surface area contributed by atoms with Crippen LogP contribution < -0.4 is 10.9 Å². The lowest BCUT2D eigenvalue weighted by molar-refractivity contribution is -0.115. The molecule has 186 valence electrons. The van der Waals surface area contributed by atoms with E-state index in [4.69, 9.17) is 0 Å². The summed E-state index contributed by atoms with van der Waals surface area (Å²) in [5.74, 6) is -0.801. The minimum Gasteiger partial charge on any atom is -0.325 e. The zero-order valence-electron chi connectivity index (χ0n) is 20.0. The largest absolute Gasteiger partial charge is 0.325 e. The topological polar surface area (TPSA) is 109 Å². The summed E-state index contributed by atoms with van der Waals surface area (Å²) in [5, 5.41) is 4.99. The van der Waals surface area contributed by atoms with Gasteiger partial charge in [0.05, 0.1) is 10.6 Å². The number of hydrogen-bond acceptors (Lipinski definition) is 7. The first-order valence-electron chi connectivity index (χ1n) is 11.8. The van der Waals surface area contributed by atoms with Crippen molar-refractivity contribution in [2.75, 3.05) is 5.32 Å². The number of carbonyl (C=O) groups is 3. The van der Waals surface area contributed by atoms with Crippen LogP contribution in [0.5, 0.6) is 0 Å². The van der Waals surface area contributed by atoms with Crippen LogP contribution in [0.3, 0.4) is 0 Å². The molecule has 0 radical (unpaired) electrons. The van der Waals surface area contributed by atoms with E-state index < -0.39 is 5.25 Å². The molecule has 9 heteroatoms. The lowest BCUT2D eigenvalue weighted by atomic mass is 9.84. The third-order valence-corrected chi connectivity index (χ3v) is 8.21. The Labute approximate surface area is 225 Å². The van der Waals surface area contributed by atoms with Crippen LogP contribution in [0, 0.1) is 0 Å². The number of thioether (sulfide) groups is 1. The maximum atomic E-state index is 13.0. The van der Waals surface area contributed by atoms with Crippen LogP contribution in [0.1, 0.15) is 38.8 Å². The van der Waals surface area contributed by atoms with E-state index in [0.717, 1.165) is 22.9 Å². The van der Waals surface area contributed by atoms with Gasteiger partial charge in [-0.05, 0) is 30.7 Å². The number of nitrogens with zero attached hydrogens (tertiary/aromatic N) is 1. The monoisotopic (exact) mass is 537 g/mol. The first-order chi connectivity index (χ1) is 18.4. The molecular formula is C29H19N3O4S2. The third-order valence-electron chi connectivity index (χ3n) is 6.36. The highest BCUT2D eigenvalue weighted by Crippen LogP contribution is 2.33. The number of H-pyrrole nitrogens is 1. The first kappa shape index (κ1) is 24.0. The van der Waals surface area contributed by atoms with Crippen molar-refractivity contribution in [3.8, 4) is 11.1 Å². The van der Waals surface area contributed by atoms with Gasteiger partial charge in [0.2, 0.25) is 5.91 Å². The van der Waals surface area contributed by atoms with E-state index in [9.17, 15) is 19.2 Å². The number of rotatable bonds is 5. The molecule has 1 aliphatic rings. The van der Waals surface area contributed by atoms with Gasteiger partial charge in [0.25, 0.3) is 5.56 Å². The summed E-state index contributed by atoms with van der Waals surface area (Å²) >= 11 is 2.51. The highest BCUT2D eigenvalue weighted by molar-refractivity contribution is 8.00. The molecule has 6 rings (SSSR count). The quantitative estimate of drug-likeness (QED) is 0.221. The summed E-state index contributed by atoms with van der Waals surface area (Å²) < 4.78 is 0. The van der Waals surface area contributed by atoms with Crippen LogP contribution in [0.2, 0.25) is 0 Å². The molecule has 0 saturated heterocycles. The van der Waals surface area contributed by atoms with Gasteiger partial charge in [-0.25, -0.2) is 4.98 Å². The van der Waals surface area contributed by atoms with E-state index in [2.05, 4.69) is 15.3 Å². The molecule has 38 heavy (non-hydrogen) atoms. The van der Waals surface area contributed by atoms with Crippen molar-refractivity contribution in [3.05, 3.63) is 111 Å². The Kier molecular flexibility index (Phi) is 6.01. The van der Waals surface area contributed by atoms with Gasteiger partial charge in [0.1, 0.15) is 4.83 Å². The molecule has 2 heterocycles. The SMILES string of the molecule is CC(Sc1nc2scc(-c3ccccc3)c2c(=O)[nH]1)C(=O)Nc1ccc2c(c1)C(=O)c1ccccc1C2=O. The van der Waals surface area contributed by atoms with E-state index in [-0.39, 0.29) is 28.6 Å². The standard InChI is InChI=1S/C29H19N3O4S2/c1-15(38-29-31-27(36)23-22(14-37-28(23)32-29)16-7-3-2-4-8-16)26(35)30-17-11-12-20-21(13-17)25(34)19-10-6-5-9-18(19)24(20)33/h2-15H,1H3,(H,30,35)(H,31,32,36). The molecule has 0 aliphatic heterocycles. The summed E-state index contributed by atoms with van der Waals surface area (Å²) in [6, 6.07) is 21.1. The molecule has 0 bridgehead atoms. The second-order valence-electron chi connectivity index (χ2n) is 8.78. The predicted octanol–water partition coefficient (Wildman–Crippen LogP) is 5.55. The van der Waals surface area contributed by atoms with Gasteiger partial charge < -0.3 is 10.3 Å². The van der Waals surface area contributed by atoms with Crippen LogP contribution in [0.25, 0.3) is 21.3 Å². The molecule has 1 amide bonds. The van der Waals surface area contributed by atoms with Crippen LogP contribution in [-0.2, 0) is 4.79 Å². The maximum absolute atomic E-state index is 13.0. The molecule has 5 aromatic rings. The fourth-order valence-electron chi connectivity index (χ4n) is 4.46. The predicted molar refractivity (Wildman–Crippen MR) is 149 cm³/mol. The van der Waals surface area contributed by atoms with Crippen molar-refractivity contribution in [2.24, 2.45) is 0 Å². The zero-order chi connectivity index (χ0) is 26.4. The summed E-state index contributed by atoms with van der Waals surface area (Å²) in [5.41, 5.74) is 3.22. The average molecular weight is 538 g/mol. The lowest BCUT2D eigenvalue weighted by Crippen LogP contribution is -2.24. The fraction of sp³-hybridized carbons (Fsp3) is 0.0690. The Morgan fingerprint density at radius 1 is 0.868 bits per heavy atom. The highest BCUT2D eigenvalue weighted by atomic mass is 32.2. The Balaban J connectivity index is 1.21. The van der Waals surface area contributed by atoms with E-state index in [1.54, 1.807) is 43.3 Å². The Morgan fingerprint density at radius 3 is 2.26 bits per heavy atom. The molecule has 2 N–H and O–H groups in total. The number of hydrogen-bond donors (Lipinski definition) is 2. The zero-order valence-corrected chi connectivity index (χ0v) is 21.6.